The van der Waals surface area contributed by atoms with E-state index in [-0.39, 0.29) is 0 Å². The second-order valence-corrected chi connectivity index (χ2v) is 15.9. The Balaban J connectivity index is 1.09. The molecule has 272 valence electrons. The highest BCUT2D eigenvalue weighted by atomic mass is 32.1. The summed E-state index contributed by atoms with van der Waals surface area (Å²) in [5.74, 6) is 0. The number of nitrogens with zero attached hydrogens (tertiary/aromatic N) is 1. The van der Waals surface area contributed by atoms with Crippen molar-refractivity contribution in [1.82, 2.24) is 0 Å². The van der Waals surface area contributed by atoms with E-state index in [1.54, 1.807) is 0 Å². The first-order valence-electron chi connectivity index (χ1n) is 19.6. The van der Waals surface area contributed by atoms with E-state index in [1.807, 2.05) is 23.5 Å². The minimum absolute atomic E-state index is 0.819. The monoisotopic (exact) mass is 759 g/mol. The third-order valence-electron chi connectivity index (χ3n) is 11.5. The minimum Gasteiger partial charge on any atom is -0.456 e. The molecule has 0 unspecified atom stereocenters. The highest BCUT2D eigenvalue weighted by molar-refractivity contribution is 7.26. The van der Waals surface area contributed by atoms with Gasteiger partial charge in [-0.15, -0.1) is 11.3 Å². The second kappa shape index (κ2) is 13.1. The molecule has 0 spiro atoms. The van der Waals surface area contributed by atoms with E-state index in [0.717, 1.165) is 77.6 Å². The number of rotatable bonds is 6. The van der Waals surface area contributed by atoms with E-state index in [9.17, 15) is 0 Å². The molecule has 4 heteroatoms. The fourth-order valence-electron chi connectivity index (χ4n) is 8.77. The smallest absolute Gasteiger partial charge is 0.144 e. The molecule has 0 atom stereocenters. The average molecular weight is 760 g/mol. The van der Waals surface area contributed by atoms with E-state index in [4.69, 9.17) is 8.83 Å². The molecule has 0 fully saturated rings. The standard InChI is InChI=1S/C54H33NO2S/c1-3-13-34(14-4-1)36-25-27-39(28-26-36)55(46-22-12-21-43-42-19-8-10-24-50(42)58-54(43)46)40-29-30-41-45-33-49-52(44-20-7-9-23-47(44)56-49)51(53(45)57-48(41)32-40)38-18-11-17-37(31-38)35-15-5-2-6-16-35/h1-33H. The second-order valence-electron chi connectivity index (χ2n) is 14.8. The van der Waals surface area contributed by atoms with Crippen molar-refractivity contribution in [1.29, 1.82) is 0 Å². The van der Waals surface area contributed by atoms with Crippen molar-refractivity contribution < 1.29 is 8.83 Å². The lowest BCUT2D eigenvalue weighted by Crippen LogP contribution is -2.10. The molecule has 0 saturated carbocycles. The Morgan fingerprint density at radius 1 is 0.362 bits per heavy atom. The van der Waals surface area contributed by atoms with Crippen LogP contribution < -0.4 is 4.90 Å². The Kier molecular flexibility index (Phi) is 7.40. The van der Waals surface area contributed by atoms with Gasteiger partial charge in [-0.3, -0.25) is 0 Å². The van der Waals surface area contributed by atoms with Crippen LogP contribution in [0.2, 0.25) is 0 Å². The minimum atomic E-state index is 0.819. The van der Waals surface area contributed by atoms with Crippen LogP contribution in [0.25, 0.3) is 97.4 Å². The maximum absolute atomic E-state index is 7.12. The molecule has 0 aliphatic carbocycles. The Labute approximate surface area is 338 Å². The van der Waals surface area contributed by atoms with Crippen LogP contribution in [0.5, 0.6) is 0 Å². The first-order valence-corrected chi connectivity index (χ1v) is 20.4. The van der Waals surface area contributed by atoms with E-state index in [1.165, 1.54) is 36.9 Å². The van der Waals surface area contributed by atoms with Crippen LogP contribution in [0.15, 0.2) is 209 Å². The number of thiophene rings is 1. The lowest BCUT2D eigenvalue weighted by Gasteiger charge is -2.26. The molecule has 0 aliphatic heterocycles. The van der Waals surface area contributed by atoms with Crippen molar-refractivity contribution in [3.63, 3.8) is 0 Å². The predicted molar refractivity (Wildman–Crippen MR) is 245 cm³/mol. The molecule has 3 heterocycles. The van der Waals surface area contributed by atoms with Gasteiger partial charge >= 0.3 is 0 Å². The molecule has 12 rings (SSSR count). The number of furan rings is 2. The fraction of sp³-hybridized carbons (Fsp3) is 0. The maximum atomic E-state index is 7.12. The van der Waals surface area contributed by atoms with Gasteiger partial charge in [0.15, 0.2) is 0 Å². The van der Waals surface area contributed by atoms with E-state index >= 15 is 0 Å². The molecule has 9 aromatic carbocycles. The number of para-hydroxylation sites is 1. The van der Waals surface area contributed by atoms with Crippen molar-refractivity contribution in [3.8, 4) is 33.4 Å². The van der Waals surface area contributed by atoms with Gasteiger partial charge in [0, 0.05) is 60.0 Å². The molecule has 0 amide bonds. The summed E-state index contributed by atoms with van der Waals surface area (Å²) in [5.41, 5.74) is 13.4. The molecule has 12 aromatic rings. The highest BCUT2D eigenvalue weighted by Gasteiger charge is 2.24. The Morgan fingerprint density at radius 3 is 1.83 bits per heavy atom. The topological polar surface area (TPSA) is 29.5 Å². The first-order chi connectivity index (χ1) is 28.7. The van der Waals surface area contributed by atoms with Crippen molar-refractivity contribution in [3.05, 3.63) is 200 Å². The first kappa shape index (κ1) is 32.8. The summed E-state index contributed by atoms with van der Waals surface area (Å²) >= 11 is 1.84. The molecule has 0 saturated heterocycles. The van der Waals surface area contributed by atoms with Gasteiger partial charge in [-0.05, 0) is 82.4 Å². The fourth-order valence-corrected chi connectivity index (χ4v) is 9.98. The van der Waals surface area contributed by atoms with Gasteiger partial charge in [0.1, 0.15) is 22.3 Å². The average Bonchev–Trinajstić information content (AvgIpc) is 3.98. The number of hydrogen-bond donors (Lipinski definition) is 0. The van der Waals surface area contributed by atoms with Gasteiger partial charge in [-0.1, -0.05) is 140 Å². The maximum Gasteiger partial charge on any atom is 0.144 e. The molecule has 0 N–H and O–H groups in total. The van der Waals surface area contributed by atoms with E-state index in [0.29, 0.717) is 0 Å². The van der Waals surface area contributed by atoms with Gasteiger partial charge < -0.3 is 13.7 Å². The largest absolute Gasteiger partial charge is 0.456 e. The summed E-state index contributed by atoms with van der Waals surface area (Å²) in [6, 6.07) is 71.2. The number of anilines is 3. The molecule has 0 radical (unpaired) electrons. The summed E-state index contributed by atoms with van der Waals surface area (Å²) in [6.07, 6.45) is 0. The molecular formula is C54H33NO2S. The normalized spacial score (nSPS) is 11.8. The molecule has 58 heavy (non-hydrogen) atoms. The zero-order valence-electron chi connectivity index (χ0n) is 31.2. The molecule has 3 aromatic heterocycles. The zero-order valence-corrected chi connectivity index (χ0v) is 32.0. The van der Waals surface area contributed by atoms with Crippen molar-refractivity contribution >= 4 is 92.4 Å². The number of hydrogen-bond acceptors (Lipinski definition) is 4. The summed E-state index contributed by atoms with van der Waals surface area (Å²) in [7, 11) is 0. The third kappa shape index (κ3) is 5.19. The van der Waals surface area contributed by atoms with Crippen molar-refractivity contribution in [2.75, 3.05) is 4.90 Å². The van der Waals surface area contributed by atoms with Gasteiger partial charge in [-0.25, -0.2) is 0 Å². The summed E-state index contributed by atoms with van der Waals surface area (Å²) in [4.78, 5) is 2.38. The number of fused-ring (bicyclic) bond motifs is 9. The van der Waals surface area contributed by atoms with Crippen LogP contribution in [0.3, 0.4) is 0 Å². The van der Waals surface area contributed by atoms with Gasteiger partial charge in [0.2, 0.25) is 0 Å². The predicted octanol–water partition coefficient (Wildman–Crippen LogP) is 16.3. The third-order valence-corrected chi connectivity index (χ3v) is 12.7. The Morgan fingerprint density at radius 2 is 1.00 bits per heavy atom. The Bertz CT molecular complexity index is 3500. The van der Waals surface area contributed by atoms with E-state index in [2.05, 4.69) is 193 Å². The van der Waals surface area contributed by atoms with Crippen molar-refractivity contribution in [2.45, 2.75) is 0 Å². The number of benzene rings is 9. The van der Waals surface area contributed by atoms with Crippen LogP contribution in [0.1, 0.15) is 0 Å². The van der Waals surface area contributed by atoms with E-state index < -0.39 is 0 Å². The summed E-state index contributed by atoms with van der Waals surface area (Å²) in [5, 5.41) is 6.73. The summed E-state index contributed by atoms with van der Waals surface area (Å²) in [6.45, 7) is 0. The van der Waals surface area contributed by atoms with Gasteiger partial charge in [0.25, 0.3) is 0 Å². The lowest BCUT2D eigenvalue weighted by molar-refractivity contribution is 0.664. The quantitative estimate of drug-likeness (QED) is 0.169. The van der Waals surface area contributed by atoms with Gasteiger partial charge in [0.05, 0.1) is 10.4 Å². The van der Waals surface area contributed by atoms with Crippen molar-refractivity contribution in [2.24, 2.45) is 0 Å². The van der Waals surface area contributed by atoms with Crippen LogP contribution in [-0.4, -0.2) is 0 Å². The molecule has 3 nitrogen and oxygen atoms in total. The van der Waals surface area contributed by atoms with Gasteiger partial charge in [-0.2, -0.15) is 0 Å². The molecular weight excluding hydrogens is 727 g/mol. The SMILES string of the molecule is c1ccc(-c2ccc(N(c3ccc4c(c3)oc3c(-c5cccc(-c6ccccc6)c5)c5c(cc34)oc3ccccc35)c3cccc4c3sc3ccccc34)cc2)cc1. The van der Waals surface area contributed by atoms with Crippen LogP contribution in [-0.2, 0) is 0 Å². The highest BCUT2D eigenvalue weighted by Crippen LogP contribution is 2.48. The molecule has 0 aliphatic rings. The summed E-state index contributed by atoms with van der Waals surface area (Å²) < 4.78 is 16.2. The van der Waals surface area contributed by atoms with Crippen LogP contribution >= 0.6 is 11.3 Å². The zero-order chi connectivity index (χ0) is 38.2. The van der Waals surface area contributed by atoms with Crippen LogP contribution in [0.4, 0.5) is 17.1 Å². The molecule has 0 bridgehead atoms. The lowest BCUT2D eigenvalue weighted by atomic mass is 9.94. The Hall–Kier alpha value is -7.40. The van der Waals surface area contributed by atoms with Crippen LogP contribution in [0, 0.1) is 0 Å².